The van der Waals surface area contributed by atoms with Gasteiger partial charge in [0, 0.05) is 11.7 Å². The third-order valence-corrected chi connectivity index (χ3v) is 6.11. The number of nitriles is 1. The monoisotopic (exact) mass is 368 g/mol. The van der Waals surface area contributed by atoms with Crippen LogP contribution in [0, 0.1) is 17.2 Å². The van der Waals surface area contributed by atoms with Crippen molar-refractivity contribution < 1.29 is 9.53 Å². The number of hydrazine groups is 1. The Kier molecular flexibility index (Phi) is 4.17. The number of rotatable bonds is 4. The number of ether oxygens (including phenoxy) is 1. The van der Waals surface area contributed by atoms with Crippen molar-refractivity contribution in [1.29, 1.82) is 5.26 Å². The molecule has 1 unspecified atom stereocenters. The normalized spacial score (nSPS) is 21.1. The van der Waals surface area contributed by atoms with Crippen LogP contribution < -0.4 is 0 Å². The minimum atomic E-state index is -0.347. The van der Waals surface area contributed by atoms with Crippen molar-refractivity contribution in [2.24, 2.45) is 10.9 Å². The molecule has 1 fully saturated rings. The van der Waals surface area contributed by atoms with Crippen LogP contribution >= 0.6 is 11.3 Å². The van der Waals surface area contributed by atoms with Gasteiger partial charge in [0.1, 0.15) is 6.07 Å². The van der Waals surface area contributed by atoms with E-state index in [4.69, 9.17) is 9.73 Å². The van der Waals surface area contributed by atoms with Crippen LogP contribution in [0.2, 0.25) is 0 Å². The third-order valence-electron chi connectivity index (χ3n) is 5.18. The zero-order chi connectivity index (χ0) is 18.4. The van der Waals surface area contributed by atoms with Gasteiger partial charge < -0.3 is 4.74 Å². The lowest BCUT2D eigenvalue weighted by Crippen LogP contribution is -2.44. The molecule has 3 heterocycles. The molecule has 1 aliphatic carbocycles. The Morgan fingerprint density at radius 1 is 1.50 bits per heavy atom. The smallest absolute Gasteiger partial charge is 0.338 e. The van der Waals surface area contributed by atoms with E-state index in [1.807, 2.05) is 23.4 Å². The molecule has 1 atom stereocenters. The lowest BCUT2D eigenvalue weighted by Gasteiger charge is -2.37. The van der Waals surface area contributed by atoms with Crippen LogP contribution in [0.1, 0.15) is 37.1 Å². The van der Waals surface area contributed by atoms with Crippen LogP contribution in [0.4, 0.5) is 0 Å². The van der Waals surface area contributed by atoms with Gasteiger partial charge >= 0.3 is 5.97 Å². The molecule has 0 bridgehead atoms. The Bertz CT molecular complexity index is 901. The van der Waals surface area contributed by atoms with Crippen LogP contribution in [0.25, 0.3) is 0 Å². The maximum absolute atomic E-state index is 12.4. The van der Waals surface area contributed by atoms with Gasteiger partial charge in [0.2, 0.25) is 0 Å². The van der Waals surface area contributed by atoms with Crippen LogP contribution in [-0.4, -0.2) is 41.4 Å². The number of methoxy groups -OCH3 is 1. The molecule has 1 saturated carbocycles. The zero-order valence-corrected chi connectivity index (χ0v) is 15.8. The zero-order valence-electron chi connectivity index (χ0n) is 15.0. The standard InChI is InChI=1S/C19H20N4O2S/c1-11-8-16(17-14(9-20)6-7-26-17)21-18-15(19(24)25-3)10-22(23(11)18)12(2)13-4-5-13/h6-8,12-13H,4-5,10H2,1-3H3. The van der Waals surface area contributed by atoms with Crippen LogP contribution in [0.15, 0.2) is 39.6 Å². The SMILES string of the molecule is COC(=O)C1=C2N=C(c3sccc3C#N)C=C(C)N2N(C(C)C2CC2)C1. The highest BCUT2D eigenvalue weighted by Crippen LogP contribution is 2.41. The number of carbonyl (C=O) groups excluding carboxylic acids is 1. The van der Waals surface area contributed by atoms with Gasteiger partial charge in [-0.15, -0.1) is 11.3 Å². The van der Waals surface area contributed by atoms with Crippen molar-refractivity contribution in [1.82, 2.24) is 10.0 Å². The Morgan fingerprint density at radius 3 is 2.92 bits per heavy atom. The second kappa shape index (κ2) is 6.38. The predicted molar refractivity (Wildman–Crippen MR) is 99.1 cm³/mol. The first-order valence-electron chi connectivity index (χ1n) is 8.68. The van der Waals surface area contributed by atoms with E-state index in [0.717, 1.165) is 16.3 Å². The quantitative estimate of drug-likeness (QED) is 0.764. The molecule has 3 aliphatic rings. The van der Waals surface area contributed by atoms with Gasteiger partial charge in [-0.3, -0.25) is 5.01 Å². The molecule has 2 aliphatic heterocycles. The number of thiophene rings is 1. The first-order chi connectivity index (χ1) is 12.5. The summed E-state index contributed by atoms with van der Waals surface area (Å²) in [6, 6.07) is 4.34. The molecule has 134 valence electrons. The average Bonchev–Trinajstić information content (AvgIpc) is 3.25. The third kappa shape index (κ3) is 2.66. The highest BCUT2D eigenvalue weighted by molar-refractivity contribution is 7.12. The molecule has 0 spiro atoms. The van der Waals surface area contributed by atoms with E-state index in [0.29, 0.717) is 35.5 Å². The highest BCUT2D eigenvalue weighted by atomic mass is 32.1. The minimum Gasteiger partial charge on any atom is -0.466 e. The fourth-order valence-electron chi connectivity index (χ4n) is 3.58. The summed E-state index contributed by atoms with van der Waals surface area (Å²) in [6.45, 7) is 4.72. The number of allylic oxidation sites excluding steroid dienone is 2. The maximum atomic E-state index is 12.4. The molecule has 4 rings (SSSR count). The van der Waals surface area contributed by atoms with Crippen LogP contribution in [-0.2, 0) is 9.53 Å². The summed E-state index contributed by atoms with van der Waals surface area (Å²) in [6.07, 6.45) is 4.45. The number of esters is 1. The molecule has 1 aromatic rings. The van der Waals surface area contributed by atoms with Gasteiger partial charge in [-0.2, -0.15) is 5.26 Å². The van der Waals surface area contributed by atoms with Crippen LogP contribution in [0.3, 0.4) is 0 Å². The summed E-state index contributed by atoms with van der Waals surface area (Å²) in [4.78, 5) is 18.0. The van der Waals surface area contributed by atoms with E-state index >= 15 is 0 Å². The fraction of sp³-hybridized carbons (Fsp3) is 0.421. The van der Waals surface area contributed by atoms with E-state index in [1.54, 1.807) is 6.07 Å². The van der Waals surface area contributed by atoms with Crippen molar-refractivity contribution in [2.45, 2.75) is 32.7 Å². The molecule has 0 N–H and O–H groups in total. The number of fused-ring (bicyclic) bond motifs is 1. The molecule has 26 heavy (non-hydrogen) atoms. The Hall–Kier alpha value is -2.43. The number of nitrogens with zero attached hydrogens (tertiary/aromatic N) is 4. The minimum absolute atomic E-state index is 0.337. The Labute approximate surface area is 156 Å². The average molecular weight is 368 g/mol. The lowest BCUT2D eigenvalue weighted by molar-refractivity contribution is -0.136. The van der Waals surface area contributed by atoms with E-state index in [-0.39, 0.29) is 5.97 Å². The van der Waals surface area contributed by atoms with Crippen LogP contribution in [0.5, 0.6) is 0 Å². The summed E-state index contributed by atoms with van der Waals surface area (Å²) >= 11 is 1.49. The number of carbonyl (C=O) groups is 1. The largest absolute Gasteiger partial charge is 0.466 e. The van der Waals surface area contributed by atoms with Gasteiger partial charge in [0.25, 0.3) is 0 Å². The molecule has 6 nitrogen and oxygen atoms in total. The molecule has 0 radical (unpaired) electrons. The van der Waals surface area contributed by atoms with Crippen molar-refractivity contribution in [3.05, 3.63) is 45.1 Å². The molecule has 0 saturated heterocycles. The van der Waals surface area contributed by atoms with E-state index in [2.05, 4.69) is 18.0 Å². The van der Waals surface area contributed by atoms with Gasteiger partial charge in [-0.25, -0.2) is 14.8 Å². The maximum Gasteiger partial charge on any atom is 0.338 e. The topological polar surface area (TPSA) is 68.9 Å². The van der Waals surface area contributed by atoms with E-state index in [9.17, 15) is 10.1 Å². The molecule has 1 aromatic heterocycles. The van der Waals surface area contributed by atoms with Crippen molar-refractivity contribution >= 4 is 23.0 Å². The van der Waals surface area contributed by atoms with Gasteiger partial charge in [0.15, 0.2) is 5.82 Å². The second-order valence-electron chi connectivity index (χ2n) is 6.84. The summed E-state index contributed by atoms with van der Waals surface area (Å²) in [5.74, 6) is 0.936. The first-order valence-corrected chi connectivity index (χ1v) is 9.56. The van der Waals surface area contributed by atoms with E-state index in [1.165, 1.54) is 31.3 Å². The molecular formula is C19H20N4O2S. The van der Waals surface area contributed by atoms with Gasteiger partial charge in [0.05, 0.1) is 35.4 Å². The lowest BCUT2D eigenvalue weighted by atomic mass is 10.1. The van der Waals surface area contributed by atoms with Crippen molar-refractivity contribution in [2.75, 3.05) is 13.7 Å². The summed E-state index contributed by atoms with van der Waals surface area (Å²) in [5.41, 5.74) is 2.89. The van der Waals surface area contributed by atoms with E-state index < -0.39 is 0 Å². The summed E-state index contributed by atoms with van der Waals surface area (Å²) in [7, 11) is 1.40. The highest BCUT2D eigenvalue weighted by Gasteiger charge is 2.43. The summed E-state index contributed by atoms with van der Waals surface area (Å²) in [5, 5.41) is 15.5. The van der Waals surface area contributed by atoms with Crippen molar-refractivity contribution in [3.63, 3.8) is 0 Å². The number of hydrogen-bond acceptors (Lipinski definition) is 7. The Morgan fingerprint density at radius 2 is 2.27 bits per heavy atom. The molecule has 7 heteroatoms. The molecular weight excluding hydrogens is 348 g/mol. The Balaban J connectivity index is 1.79. The molecule has 0 aromatic carbocycles. The van der Waals surface area contributed by atoms with Gasteiger partial charge in [-0.1, -0.05) is 0 Å². The van der Waals surface area contributed by atoms with Gasteiger partial charge in [-0.05, 0) is 50.1 Å². The first kappa shape index (κ1) is 17.0. The summed E-state index contributed by atoms with van der Waals surface area (Å²) < 4.78 is 5.00. The second-order valence-corrected chi connectivity index (χ2v) is 7.76. The predicted octanol–water partition coefficient (Wildman–Crippen LogP) is 3.04. The number of aliphatic imine (C=N–C) groups is 1. The number of hydrogen-bond donors (Lipinski definition) is 0. The fourth-order valence-corrected chi connectivity index (χ4v) is 4.39. The van der Waals surface area contributed by atoms with Crippen molar-refractivity contribution in [3.8, 4) is 6.07 Å². The molecule has 0 amide bonds.